The maximum Gasteiger partial charge on any atom is 0.240 e. The van der Waals surface area contributed by atoms with Crippen LogP contribution < -0.4 is 0 Å². The maximum atomic E-state index is 13.7. The summed E-state index contributed by atoms with van der Waals surface area (Å²) in [7, 11) is 1.75. The van der Waals surface area contributed by atoms with Crippen LogP contribution >= 0.6 is 0 Å². The number of fused-ring (bicyclic) bond motifs is 1. The van der Waals surface area contributed by atoms with E-state index >= 15 is 0 Å². The van der Waals surface area contributed by atoms with Crippen molar-refractivity contribution >= 4 is 17.2 Å². The zero-order chi connectivity index (χ0) is 13.4. The van der Waals surface area contributed by atoms with Crippen molar-refractivity contribution in [3.8, 4) is 0 Å². The summed E-state index contributed by atoms with van der Waals surface area (Å²) >= 11 is 0. The third-order valence-corrected chi connectivity index (χ3v) is 4.26. The minimum absolute atomic E-state index is 0.218. The van der Waals surface area contributed by atoms with Gasteiger partial charge in [0.05, 0.1) is 10.9 Å². The molecule has 2 aromatic rings. The molecule has 0 N–H and O–H groups in total. The summed E-state index contributed by atoms with van der Waals surface area (Å²) < 4.78 is 15.3. The zero-order valence-electron chi connectivity index (χ0n) is 11.0. The monoisotopic (exact) mass is 260 g/mol. The fourth-order valence-electron chi connectivity index (χ4n) is 3.08. The molecule has 1 aliphatic rings. The number of carbonyl (C=O) groups is 1. The SMILES string of the molecule is Cn1nc(F)c2cc(C3CCC(C=O)CC3)ccc21. The Labute approximate surface area is 111 Å². The molecule has 0 amide bonds. The molecule has 1 aliphatic carbocycles. The van der Waals surface area contributed by atoms with Gasteiger partial charge >= 0.3 is 0 Å². The van der Waals surface area contributed by atoms with Gasteiger partial charge in [-0.15, -0.1) is 5.10 Å². The molecule has 1 aromatic carbocycles. The summed E-state index contributed by atoms with van der Waals surface area (Å²) in [6, 6.07) is 5.92. The first-order valence-electron chi connectivity index (χ1n) is 6.76. The Morgan fingerprint density at radius 2 is 2.05 bits per heavy atom. The first-order chi connectivity index (χ1) is 9.19. The molecule has 1 heterocycles. The minimum Gasteiger partial charge on any atom is -0.303 e. The minimum atomic E-state index is -0.402. The Morgan fingerprint density at radius 3 is 2.74 bits per heavy atom. The van der Waals surface area contributed by atoms with E-state index in [2.05, 4.69) is 11.2 Å². The quantitative estimate of drug-likeness (QED) is 0.777. The molecule has 1 aromatic heterocycles. The number of benzene rings is 1. The first kappa shape index (κ1) is 12.3. The molecule has 0 saturated heterocycles. The number of hydrogen-bond donors (Lipinski definition) is 0. The van der Waals surface area contributed by atoms with Crippen LogP contribution in [0.15, 0.2) is 18.2 Å². The summed E-state index contributed by atoms with van der Waals surface area (Å²) in [5.41, 5.74) is 1.99. The highest BCUT2D eigenvalue weighted by molar-refractivity contribution is 5.80. The molecule has 4 heteroatoms. The molecule has 0 spiro atoms. The second-order valence-electron chi connectivity index (χ2n) is 5.44. The van der Waals surface area contributed by atoms with Gasteiger partial charge in [-0.3, -0.25) is 4.68 Å². The van der Waals surface area contributed by atoms with Gasteiger partial charge in [0.2, 0.25) is 5.95 Å². The van der Waals surface area contributed by atoms with Gasteiger partial charge in [0.15, 0.2) is 0 Å². The Kier molecular flexibility index (Phi) is 3.09. The first-order valence-corrected chi connectivity index (χ1v) is 6.76. The van der Waals surface area contributed by atoms with Gasteiger partial charge in [-0.25, -0.2) is 0 Å². The molecular formula is C15H17FN2O. The summed E-state index contributed by atoms with van der Waals surface area (Å²) in [6.07, 6.45) is 4.98. The fraction of sp³-hybridized carbons (Fsp3) is 0.467. The Balaban J connectivity index is 1.89. The lowest BCUT2D eigenvalue weighted by molar-refractivity contribution is -0.111. The van der Waals surface area contributed by atoms with Crippen LogP contribution in [0.2, 0.25) is 0 Å². The van der Waals surface area contributed by atoms with Crippen LogP contribution in [0.25, 0.3) is 10.9 Å². The molecule has 3 rings (SSSR count). The third-order valence-electron chi connectivity index (χ3n) is 4.26. The Bertz CT molecular complexity index is 612. The average molecular weight is 260 g/mol. The van der Waals surface area contributed by atoms with Crippen LogP contribution in [0.5, 0.6) is 0 Å². The number of aryl methyl sites for hydroxylation is 1. The summed E-state index contributed by atoms with van der Waals surface area (Å²) in [6.45, 7) is 0. The van der Waals surface area contributed by atoms with Crippen LogP contribution in [-0.2, 0) is 11.8 Å². The lowest BCUT2D eigenvalue weighted by Gasteiger charge is -2.25. The van der Waals surface area contributed by atoms with E-state index in [0.29, 0.717) is 11.3 Å². The summed E-state index contributed by atoms with van der Waals surface area (Å²) in [5, 5.41) is 4.40. The summed E-state index contributed by atoms with van der Waals surface area (Å²) in [5.74, 6) is 0.260. The van der Waals surface area contributed by atoms with Gasteiger partial charge in [0, 0.05) is 13.0 Å². The second kappa shape index (κ2) is 4.76. The molecule has 0 bridgehead atoms. The number of nitrogens with zero attached hydrogens (tertiary/aromatic N) is 2. The fourth-order valence-corrected chi connectivity index (χ4v) is 3.08. The molecule has 0 aliphatic heterocycles. The average Bonchev–Trinajstić information content (AvgIpc) is 2.74. The van der Waals surface area contributed by atoms with E-state index in [1.54, 1.807) is 11.7 Å². The number of hydrogen-bond acceptors (Lipinski definition) is 2. The van der Waals surface area contributed by atoms with Crippen LogP contribution in [0.4, 0.5) is 4.39 Å². The predicted octanol–water partition coefficient (Wildman–Crippen LogP) is 3.19. The highest BCUT2D eigenvalue weighted by atomic mass is 19.1. The topological polar surface area (TPSA) is 34.9 Å². The molecule has 0 atom stereocenters. The third kappa shape index (κ3) is 2.15. The summed E-state index contributed by atoms with van der Waals surface area (Å²) in [4.78, 5) is 10.8. The number of aromatic nitrogens is 2. The van der Waals surface area contributed by atoms with E-state index < -0.39 is 5.95 Å². The number of halogens is 1. The van der Waals surface area contributed by atoms with Crippen molar-refractivity contribution in [2.24, 2.45) is 13.0 Å². The highest BCUT2D eigenvalue weighted by Gasteiger charge is 2.22. The Hall–Kier alpha value is -1.71. The van der Waals surface area contributed by atoms with Gasteiger partial charge < -0.3 is 4.79 Å². The zero-order valence-corrected chi connectivity index (χ0v) is 11.0. The number of rotatable bonds is 2. The highest BCUT2D eigenvalue weighted by Crippen LogP contribution is 2.36. The van der Waals surface area contributed by atoms with Crippen LogP contribution in [0, 0.1) is 11.9 Å². The van der Waals surface area contributed by atoms with Crippen molar-refractivity contribution in [3.05, 3.63) is 29.7 Å². The van der Waals surface area contributed by atoms with Crippen molar-refractivity contribution in [1.82, 2.24) is 9.78 Å². The van der Waals surface area contributed by atoms with E-state index in [1.807, 2.05) is 12.1 Å². The number of aldehydes is 1. The predicted molar refractivity (Wildman–Crippen MR) is 71.4 cm³/mol. The van der Waals surface area contributed by atoms with Crippen LogP contribution in [-0.4, -0.2) is 16.1 Å². The second-order valence-corrected chi connectivity index (χ2v) is 5.44. The molecule has 1 fully saturated rings. The van der Waals surface area contributed by atoms with E-state index in [1.165, 1.54) is 5.56 Å². The normalized spacial score (nSPS) is 23.7. The van der Waals surface area contributed by atoms with Gasteiger partial charge in [0.1, 0.15) is 6.29 Å². The van der Waals surface area contributed by atoms with E-state index in [9.17, 15) is 9.18 Å². The van der Waals surface area contributed by atoms with Crippen LogP contribution in [0.3, 0.4) is 0 Å². The maximum absolute atomic E-state index is 13.7. The molecule has 0 unspecified atom stereocenters. The molecule has 1 saturated carbocycles. The molecule has 19 heavy (non-hydrogen) atoms. The van der Waals surface area contributed by atoms with Gasteiger partial charge in [0.25, 0.3) is 0 Å². The van der Waals surface area contributed by atoms with E-state index in [0.717, 1.165) is 37.5 Å². The largest absolute Gasteiger partial charge is 0.303 e. The van der Waals surface area contributed by atoms with Crippen molar-refractivity contribution in [1.29, 1.82) is 0 Å². The van der Waals surface area contributed by atoms with Crippen molar-refractivity contribution < 1.29 is 9.18 Å². The molecule has 100 valence electrons. The van der Waals surface area contributed by atoms with Crippen molar-refractivity contribution in [3.63, 3.8) is 0 Å². The Morgan fingerprint density at radius 1 is 1.32 bits per heavy atom. The lowest BCUT2D eigenvalue weighted by atomic mass is 9.79. The number of carbonyl (C=O) groups excluding carboxylic acids is 1. The van der Waals surface area contributed by atoms with Gasteiger partial charge in [-0.1, -0.05) is 6.07 Å². The van der Waals surface area contributed by atoms with Crippen molar-refractivity contribution in [2.45, 2.75) is 31.6 Å². The van der Waals surface area contributed by atoms with E-state index in [4.69, 9.17) is 0 Å². The van der Waals surface area contributed by atoms with Crippen molar-refractivity contribution in [2.75, 3.05) is 0 Å². The standard InChI is InChI=1S/C15H17FN2O/c1-18-14-7-6-12(8-13(14)15(16)17-18)11-4-2-10(9-19)3-5-11/h6-11H,2-5H2,1H3. The molecule has 3 nitrogen and oxygen atoms in total. The lowest BCUT2D eigenvalue weighted by Crippen LogP contribution is -2.14. The van der Waals surface area contributed by atoms with E-state index in [-0.39, 0.29) is 5.92 Å². The smallest absolute Gasteiger partial charge is 0.240 e. The molecular weight excluding hydrogens is 243 g/mol. The van der Waals surface area contributed by atoms with Crippen LogP contribution in [0.1, 0.15) is 37.2 Å². The van der Waals surface area contributed by atoms with Gasteiger partial charge in [-0.05, 0) is 49.3 Å². The van der Waals surface area contributed by atoms with Gasteiger partial charge in [-0.2, -0.15) is 4.39 Å². The molecule has 0 radical (unpaired) electrons.